The fourth-order valence-corrected chi connectivity index (χ4v) is 4.48. The van der Waals surface area contributed by atoms with Crippen molar-refractivity contribution in [3.05, 3.63) is 68.4 Å². The van der Waals surface area contributed by atoms with Gasteiger partial charge in [-0.3, -0.25) is 14.6 Å². The van der Waals surface area contributed by atoms with Crippen LogP contribution >= 0.6 is 35.0 Å². The van der Waals surface area contributed by atoms with Crippen LogP contribution < -0.4 is 15.1 Å². The third kappa shape index (κ3) is 3.23. The number of para-hydroxylation sites is 1. The van der Waals surface area contributed by atoms with Crippen LogP contribution in [0.25, 0.3) is 11.3 Å². The fourth-order valence-electron chi connectivity index (χ4n) is 3.52. The summed E-state index contributed by atoms with van der Waals surface area (Å²) in [5.74, 6) is -0.135. The number of aromatic nitrogens is 3. The zero-order valence-electron chi connectivity index (χ0n) is 15.6. The van der Waals surface area contributed by atoms with Crippen LogP contribution in [0.5, 0.6) is 0 Å². The SMILES string of the molecule is CCC(=O)N1c2ccccc2-c2c(=O)[nH]c(SC)n[n+]2C1c1c(Cl)cccc1Cl. The first-order valence-electron chi connectivity index (χ1n) is 8.93. The minimum absolute atomic E-state index is 0.135. The van der Waals surface area contributed by atoms with Crippen molar-refractivity contribution in [1.29, 1.82) is 0 Å². The first-order chi connectivity index (χ1) is 14.0. The normalized spacial score (nSPS) is 15.0. The average molecular weight is 448 g/mol. The summed E-state index contributed by atoms with van der Waals surface area (Å²) in [5.41, 5.74) is 1.80. The predicted molar refractivity (Wildman–Crippen MR) is 115 cm³/mol. The summed E-state index contributed by atoms with van der Waals surface area (Å²) in [6.45, 7) is 1.79. The lowest BCUT2D eigenvalue weighted by molar-refractivity contribution is -0.763. The molecule has 29 heavy (non-hydrogen) atoms. The van der Waals surface area contributed by atoms with E-state index in [4.69, 9.17) is 23.2 Å². The van der Waals surface area contributed by atoms with Gasteiger partial charge in [0.1, 0.15) is 0 Å². The molecule has 1 amide bonds. The second-order valence-electron chi connectivity index (χ2n) is 6.40. The molecule has 0 saturated heterocycles. The lowest BCUT2D eigenvalue weighted by Crippen LogP contribution is -2.61. The molecule has 0 bridgehead atoms. The smallest absolute Gasteiger partial charge is 0.291 e. The van der Waals surface area contributed by atoms with Crippen molar-refractivity contribution in [1.82, 2.24) is 10.1 Å². The first-order valence-corrected chi connectivity index (χ1v) is 10.9. The number of H-pyrrole nitrogens is 1. The Morgan fingerprint density at radius 3 is 2.55 bits per heavy atom. The molecule has 0 radical (unpaired) electrons. The van der Waals surface area contributed by atoms with Crippen molar-refractivity contribution >= 4 is 46.6 Å². The quantitative estimate of drug-likeness (QED) is 0.485. The maximum Gasteiger partial charge on any atom is 0.325 e. The average Bonchev–Trinajstić information content (AvgIpc) is 2.72. The number of carbonyl (C=O) groups excluding carboxylic acids is 1. The van der Waals surface area contributed by atoms with Crippen LogP contribution in [-0.4, -0.2) is 22.2 Å². The molecule has 4 rings (SSSR count). The number of aromatic amines is 1. The summed E-state index contributed by atoms with van der Waals surface area (Å²) in [6, 6.07) is 12.4. The van der Waals surface area contributed by atoms with Gasteiger partial charge < -0.3 is 0 Å². The number of thioether (sulfide) groups is 1. The summed E-state index contributed by atoms with van der Waals surface area (Å²) in [4.78, 5) is 30.5. The third-order valence-corrected chi connectivity index (χ3v) is 6.01. The Morgan fingerprint density at radius 2 is 1.90 bits per heavy atom. The number of amides is 1. The van der Waals surface area contributed by atoms with Gasteiger partial charge in [0.25, 0.3) is 6.17 Å². The van der Waals surface area contributed by atoms with Crippen molar-refractivity contribution in [2.45, 2.75) is 24.7 Å². The summed E-state index contributed by atoms with van der Waals surface area (Å²) < 4.78 is 1.55. The van der Waals surface area contributed by atoms with Crippen molar-refractivity contribution < 1.29 is 9.48 Å². The van der Waals surface area contributed by atoms with Gasteiger partial charge in [0, 0.05) is 11.5 Å². The van der Waals surface area contributed by atoms with Crippen LogP contribution in [-0.2, 0) is 4.79 Å². The van der Waals surface area contributed by atoms with E-state index in [2.05, 4.69) is 10.1 Å². The molecule has 1 unspecified atom stereocenters. The van der Waals surface area contributed by atoms with E-state index in [9.17, 15) is 9.59 Å². The van der Waals surface area contributed by atoms with Crippen LogP contribution in [0.3, 0.4) is 0 Å². The third-order valence-electron chi connectivity index (χ3n) is 4.78. The van der Waals surface area contributed by atoms with Crippen molar-refractivity contribution in [3.8, 4) is 11.3 Å². The number of rotatable bonds is 3. The topological polar surface area (TPSA) is 69.9 Å². The second-order valence-corrected chi connectivity index (χ2v) is 8.01. The van der Waals surface area contributed by atoms with E-state index in [0.29, 0.717) is 37.7 Å². The Balaban J connectivity index is 2.15. The van der Waals surface area contributed by atoms with E-state index in [0.717, 1.165) is 0 Å². The molecule has 0 aliphatic carbocycles. The number of anilines is 1. The summed E-state index contributed by atoms with van der Waals surface area (Å²) in [6.07, 6.45) is 1.29. The number of hydrogen-bond acceptors (Lipinski definition) is 4. The zero-order chi connectivity index (χ0) is 20.7. The highest BCUT2D eigenvalue weighted by molar-refractivity contribution is 7.98. The standard InChI is InChI=1S/C20H16Cl2N4O2S/c1-3-15(27)25-14-10-5-4-7-11(14)17-18(28)23-20(29-2)24-26(17)19(25)16-12(21)8-6-9-13(16)22/h4-10,19H,3H2,1-2H3/p+1. The van der Waals surface area contributed by atoms with Crippen LogP contribution in [0, 0.1) is 0 Å². The Hall–Kier alpha value is -2.35. The zero-order valence-corrected chi connectivity index (χ0v) is 18.0. The van der Waals surface area contributed by atoms with Gasteiger partial charge in [-0.1, -0.05) is 60.1 Å². The number of fused-ring (bicyclic) bond motifs is 3. The minimum Gasteiger partial charge on any atom is -0.291 e. The fraction of sp³-hybridized carbons (Fsp3) is 0.200. The molecule has 1 aliphatic rings. The molecule has 2 aromatic carbocycles. The maximum absolute atomic E-state index is 13.1. The molecule has 3 aromatic rings. The van der Waals surface area contributed by atoms with E-state index >= 15 is 0 Å². The highest BCUT2D eigenvalue weighted by Gasteiger charge is 2.46. The van der Waals surface area contributed by atoms with E-state index in [1.54, 1.807) is 40.8 Å². The van der Waals surface area contributed by atoms with E-state index in [1.165, 1.54) is 11.8 Å². The molecule has 1 aliphatic heterocycles. The molecule has 1 aromatic heterocycles. The number of carbonyl (C=O) groups is 1. The highest BCUT2D eigenvalue weighted by atomic mass is 35.5. The molecular formula is C20H17Cl2N4O2S+. The van der Waals surface area contributed by atoms with Crippen LogP contribution in [0.15, 0.2) is 52.4 Å². The Labute approximate surface area is 181 Å². The summed E-state index contributed by atoms with van der Waals surface area (Å²) >= 11 is 14.4. The molecule has 2 heterocycles. The van der Waals surface area contributed by atoms with Crippen molar-refractivity contribution in [2.75, 3.05) is 11.2 Å². The molecule has 9 heteroatoms. The molecule has 148 valence electrons. The monoisotopic (exact) mass is 447 g/mol. The van der Waals surface area contributed by atoms with Gasteiger partial charge in [-0.2, -0.15) is 0 Å². The Kier molecular flexibility index (Phi) is 5.38. The van der Waals surface area contributed by atoms with E-state index < -0.39 is 6.17 Å². The van der Waals surface area contributed by atoms with Crippen molar-refractivity contribution in [2.24, 2.45) is 0 Å². The van der Waals surface area contributed by atoms with Crippen LogP contribution in [0.2, 0.25) is 10.0 Å². The van der Waals surface area contributed by atoms with Crippen LogP contribution in [0.4, 0.5) is 5.69 Å². The predicted octanol–water partition coefficient (Wildman–Crippen LogP) is 4.06. The first kappa shape index (κ1) is 19.9. The maximum atomic E-state index is 13.1. The summed E-state index contributed by atoms with van der Waals surface area (Å²) in [5, 5.41) is 5.82. The van der Waals surface area contributed by atoms with E-state index in [1.807, 2.05) is 24.5 Å². The van der Waals surface area contributed by atoms with Gasteiger partial charge in [0.05, 0.1) is 26.9 Å². The number of hydrogen-bond donors (Lipinski definition) is 1. The number of nitrogens with one attached hydrogen (secondary N) is 1. The largest absolute Gasteiger partial charge is 0.325 e. The Morgan fingerprint density at radius 1 is 1.21 bits per heavy atom. The highest BCUT2D eigenvalue weighted by Crippen LogP contribution is 2.41. The van der Waals surface area contributed by atoms with Gasteiger partial charge in [-0.15, -0.1) is 0 Å². The molecule has 0 saturated carbocycles. The lowest BCUT2D eigenvalue weighted by Gasteiger charge is -2.32. The molecule has 1 N–H and O–H groups in total. The van der Waals surface area contributed by atoms with Gasteiger partial charge >= 0.3 is 11.3 Å². The number of benzene rings is 2. The molecule has 0 spiro atoms. The number of halogens is 2. The van der Waals surface area contributed by atoms with Gasteiger partial charge in [-0.25, -0.2) is 4.90 Å². The van der Waals surface area contributed by atoms with E-state index in [-0.39, 0.29) is 17.9 Å². The lowest BCUT2D eigenvalue weighted by atomic mass is 10.0. The van der Waals surface area contributed by atoms with Crippen molar-refractivity contribution in [3.63, 3.8) is 0 Å². The summed E-state index contributed by atoms with van der Waals surface area (Å²) in [7, 11) is 0. The van der Waals surface area contributed by atoms with Gasteiger partial charge in [-0.05, 0) is 35.2 Å². The van der Waals surface area contributed by atoms with Gasteiger partial charge in [0.2, 0.25) is 11.1 Å². The van der Waals surface area contributed by atoms with Gasteiger partial charge in [0.15, 0.2) is 0 Å². The van der Waals surface area contributed by atoms with Crippen LogP contribution in [0.1, 0.15) is 25.1 Å². The minimum atomic E-state index is -0.790. The molecule has 1 atom stereocenters. The molecular weight excluding hydrogens is 431 g/mol. The Bertz CT molecular complexity index is 1160. The molecule has 0 fully saturated rings. The molecule has 6 nitrogen and oxygen atoms in total. The number of nitrogens with zero attached hydrogens (tertiary/aromatic N) is 3. The second kappa shape index (κ2) is 7.82.